The van der Waals surface area contributed by atoms with Crippen molar-refractivity contribution in [2.45, 2.75) is 31.4 Å². The topological polar surface area (TPSA) is 76.5 Å². The van der Waals surface area contributed by atoms with Crippen molar-refractivity contribution in [1.82, 2.24) is 15.1 Å². The van der Waals surface area contributed by atoms with E-state index in [4.69, 9.17) is 21.4 Å². The lowest BCUT2D eigenvalue weighted by molar-refractivity contribution is -0.123. The highest BCUT2D eigenvalue weighted by Crippen LogP contribution is 2.49. The van der Waals surface area contributed by atoms with Gasteiger partial charge in [0.15, 0.2) is 0 Å². The minimum atomic E-state index is -0.302. The first-order chi connectivity index (χ1) is 16.7. The quantitative estimate of drug-likeness (QED) is 0.442. The van der Waals surface area contributed by atoms with Gasteiger partial charge in [-0.15, -0.1) is 23.1 Å². The van der Waals surface area contributed by atoms with Gasteiger partial charge in [-0.25, -0.2) is 4.68 Å². The standard InChI is InChI=1S/C25H29ClN4O3S2/c1-25(2,3)23-21-22(18-9-6-12-34-18)35-15-20(32)29(14-19(31)27-10-11-33-4)24(21)30(28-23)17-8-5-7-16(26)13-17/h5-9,12-13,22H,10-11,14-15H2,1-4H3,(H,27,31). The van der Waals surface area contributed by atoms with Crippen LogP contribution in [0.3, 0.4) is 0 Å². The molecule has 0 saturated heterocycles. The van der Waals surface area contributed by atoms with Crippen LogP contribution >= 0.6 is 34.7 Å². The number of thioether (sulfide) groups is 1. The summed E-state index contributed by atoms with van der Waals surface area (Å²) >= 11 is 9.57. The van der Waals surface area contributed by atoms with Gasteiger partial charge in [0.05, 0.1) is 29.0 Å². The highest BCUT2D eigenvalue weighted by atomic mass is 35.5. The zero-order valence-electron chi connectivity index (χ0n) is 20.2. The summed E-state index contributed by atoms with van der Waals surface area (Å²) in [6.07, 6.45) is 0. The van der Waals surface area contributed by atoms with Gasteiger partial charge in [0.1, 0.15) is 12.4 Å². The second kappa shape index (κ2) is 10.7. The third-order valence-electron chi connectivity index (χ3n) is 5.58. The molecule has 0 aliphatic carbocycles. The van der Waals surface area contributed by atoms with E-state index < -0.39 is 0 Å². The Kier molecular flexibility index (Phi) is 7.90. The number of anilines is 1. The lowest BCUT2D eigenvalue weighted by Crippen LogP contribution is -2.43. The van der Waals surface area contributed by atoms with Crippen LogP contribution in [0.2, 0.25) is 5.02 Å². The number of fused-ring (bicyclic) bond motifs is 1. The summed E-state index contributed by atoms with van der Waals surface area (Å²) < 4.78 is 6.81. The molecule has 0 saturated carbocycles. The Balaban J connectivity index is 1.93. The lowest BCUT2D eigenvalue weighted by Gasteiger charge is -2.24. The maximum Gasteiger partial charge on any atom is 0.240 e. The number of amides is 2. The number of thiophene rings is 1. The van der Waals surface area contributed by atoms with Gasteiger partial charge in [-0.2, -0.15) is 5.10 Å². The Morgan fingerprint density at radius 2 is 2.09 bits per heavy atom. The molecular formula is C25H29ClN4O3S2. The number of nitrogens with zero attached hydrogens (tertiary/aromatic N) is 3. The molecule has 35 heavy (non-hydrogen) atoms. The number of aromatic nitrogens is 2. The van der Waals surface area contributed by atoms with Gasteiger partial charge in [0, 0.05) is 34.5 Å². The molecule has 7 nitrogen and oxygen atoms in total. The zero-order chi connectivity index (χ0) is 25.2. The van der Waals surface area contributed by atoms with Crippen molar-refractivity contribution >= 4 is 52.3 Å². The minimum Gasteiger partial charge on any atom is -0.383 e. The summed E-state index contributed by atoms with van der Waals surface area (Å²) in [5.41, 5.74) is 2.28. The highest BCUT2D eigenvalue weighted by Gasteiger charge is 2.40. The minimum absolute atomic E-state index is 0.0855. The van der Waals surface area contributed by atoms with Crippen LogP contribution in [0.15, 0.2) is 41.8 Å². The molecule has 0 spiro atoms. The smallest absolute Gasteiger partial charge is 0.240 e. The molecule has 1 atom stereocenters. The van der Waals surface area contributed by atoms with E-state index in [9.17, 15) is 9.59 Å². The molecule has 1 aromatic carbocycles. The van der Waals surface area contributed by atoms with Crippen LogP contribution in [0.5, 0.6) is 0 Å². The van der Waals surface area contributed by atoms with Crippen LogP contribution < -0.4 is 10.2 Å². The van der Waals surface area contributed by atoms with Gasteiger partial charge in [-0.05, 0) is 29.6 Å². The largest absolute Gasteiger partial charge is 0.383 e. The van der Waals surface area contributed by atoms with Gasteiger partial charge in [0.25, 0.3) is 0 Å². The Morgan fingerprint density at radius 3 is 2.74 bits per heavy atom. The van der Waals surface area contributed by atoms with Gasteiger partial charge in [-0.1, -0.05) is 44.5 Å². The van der Waals surface area contributed by atoms with Crippen molar-refractivity contribution < 1.29 is 14.3 Å². The average Bonchev–Trinajstić information content (AvgIpc) is 3.44. The third-order valence-corrected chi connectivity index (χ3v) is 8.14. The van der Waals surface area contributed by atoms with E-state index in [-0.39, 0.29) is 34.8 Å². The Morgan fingerprint density at radius 1 is 1.29 bits per heavy atom. The molecule has 0 radical (unpaired) electrons. The molecule has 2 aromatic heterocycles. The number of nitrogens with one attached hydrogen (secondary N) is 1. The fourth-order valence-corrected chi connectivity index (χ4v) is 6.38. The molecule has 1 aliphatic rings. The summed E-state index contributed by atoms with van der Waals surface area (Å²) in [7, 11) is 1.58. The second-order valence-corrected chi connectivity index (χ2v) is 11.8. The van der Waals surface area contributed by atoms with E-state index in [0.717, 1.165) is 21.8 Å². The predicted octanol–water partition coefficient (Wildman–Crippen LogP) is 4.82. The van der Waals surface area contributed by atoms with E-state index in [2.05, 4.69) is 32.2 Å². The molecular weight excluding hydrogens is 504 g/mol. The predicted molar refractivity (Wildman–Crippen MR) is 143 cm³/mol. The van der Waals surface area contributed by atoms with E-state index >= 15 is 0 Å². The fourth-order valence-electron chi connectivity index (χ4n) is 4.02. The molecule has 0 fully saturated rings. The molecule has 10 heteroatoms. The number of rotatable bonds is 7. The molecule has 186 valence electrons. The molecule has 3 heterocycles. The van der Waals surface area contributed by atoms with Gasteiger partial charge < -0.3 is 10.1 Å². The average molecular weight is 533 g/mol. The first-order valence-corrected chi connectivity index (χ1v) is 13.6. The van der Waals surface area contributed by atoms with Gasteiger partial charge >= 0.3 is 0 Å². The van der Waals surface area contributed by atoms with Crippen molar-refractivity contribution in [2.75, 3.05) is 37.5 Å². The normalized spacial score (nSPS) is 16.2. The van der Waals surface area contributed by atoms with Crippen LogP contribution in [0, 0.1) is 0 Å². The lowest BCUT2D eigenvalue weighted by atomic mass is 9.88. The Hall–Kier alpha value is -2.33. The van der Waals surface area contributed by atoms with Crippen LogP contribution in [-0.4, -0.2) is 54.2 Å². The van der Waals surface area contributed by atoms with E-state index in [1.807, 2.05) is 29.6 Å². The summed E-state index contributed by atoms with van der Waals surface area (Å²) in [6, 6.07) is 11.5. The summed E-state index contributed by atoms with van der Waals surface area (Å²) in [5, 5.41) is 10.4. The van der Waals surface area contributed by atoms with Crippen molar-refractivity contribution in [3.8, 4) is 5.69 Å². The number of methoxy groups -OCH3 is 1. The number of hydrogen-bond acceptors (Lipinski definition) is 6. The number of carbonyl (C=O) groups is 2. The first kappa shape index (κ1) is 25.8. The first-order valence-electron chi connectivity index (χ1n) is 11.3. The monoisotopic (exact) mass is 532 g/mol. The van der Waals surface area contributed by atoms with E-state index in [1.165, 1.54) is 0 Å². The SMILES string of the molecule is COCCNC(=O)CN1C(=O)CSC(c2cccs2)c2c(C(C)(C)C)nn(-c3cccc(Cl)c3)c21. The number of hydrogen-bond donors (Lipinski definition) is 1. The maximum atomic E-state index is 13.5. The maximum absolute atomic E-state index is 13.5. The van der Waals surface area contributed by atoms with Crippen LogP contribution in [0.25, 0.3) is 5.69 Å². The Labute approximate surface area is 218 Å². The number of ether oxygens (including phenoxy) is 1. The van der Waals surface area contributed by atoms with E-state index in [0.29, 0.717) is 24.0 Å². The summed E-state index contributed by atoms with van der Waals surface area (Å²) in [6.45, 7) is 7.00. The number of carbonyl (C=O) groups excluding carboxylic acids is 2. The fraction of sp³-hybridized carbons (Fsp3) is 0.400. The summed E-state index contributed by atoms with van der Waals surface area (Å²) in [5.74, 6) is 0.479. The van der Waals surface area contributed by atoms with Crippen LogP contribution in [0.1, 0.15) is 42.2 Å². The van der Waals surface area contributed by atoms with Crippen LogP contribution in [-0.2, 0) is 19.7 Å². The molecule has 3 aromatic rings. The second-order valence-electron chi connectivity index (χ2n) is 9.26. The third kappa shape index (κ3) is 5.58. The zero-order valence-corrected chi connectivity index (χ0v) is 22.6. The molecule has 4 rings (SSSR count). The van der Waals surface area contributed by atoms with Crippen molar-refractivity contribution in [3.63, 3.8) is 0 Å². The number of benzene rings is 1. The van der Waals surface area contributed by atoms with E-state index in [1.54, 1.807) is 45.9 Å². The van der Waals surface area contributed by atoms with Crippen molar-refractivity contribution in [3.05, 3.63) is 62.9 Å². The highest BCUT2D eigenvalue weighted by molar-refractivity contribution is 8.00. The molecule has 0 bridgehead atoms. The molecule has 2 amide bonds. The Bertz CT molecular complexity index is 1200. The van der Waals surface area contributed by atoms with Crippen LogP contribution in [0.4, 0.5) is 5.82 Å². The van der Waals surface area contributed by atoms with Gasteiger partial charge in [-0.3, -0.25) is 14.5 Å². The molecule has 1 N–H and O–H groups in total. The summed E-state index contributed by atoms with van der Waals surface area (Å²) in [4.78, 5) is 29.1. The van der Waals surface area contributed by atoms with Crippen molar-refractivity contribution in [1.29, 1.82) is 0 Å². The molecule has 1 aliphatic heterocycles. The molecule has 1 unspecified atom stereocenters. The number of halogens is 1. The van der Waals surface area contributed by atoms with Gasteiger partial charge in [0.2, 0.25) is 11.8 Å². The van der Waals surface area contributed by atoms with Crippen molar-refractivity contribution in [2.24, 2.45) is 0 Å².